The van der Waals surface area contributed by atoms with Crippen LogP contribution in [0.5, 0.6) is 0 Å². The number of allylic oxidation sites excluding steroid dienone is 1. The SMILES string of the molecule is O=C(/C=C/c1cnn(CCCl)c1)c1ccc(Cl)c(Cl)c1. The Kier molecular flexibility index (Phi) is 5.24. The number of hydrogen-bond acceptors (Lipinski definition) is 2. The van der Waals surface area contributed by atoms with Crippen molar-refractivity contribution >= 4 is 46.7 Å². The van der Waals surface area contributed by atoms with Crippen LogP contribution in [-0.4, -0.2) is 21.4 Å². The van der Waals surface area contributed by atoms with E-state index in [1.807, 2.05) is 6.20 Å². The molecule has 0 atom stereocenters. The lowest BCUT2D eigenvalue weighted by molar-refractivity contribution is 0.104. The maximum absolute atomic E-state index is 12.0. The summed E-state index contributed by atoms with van der Waals surface area (Å²) in [5.74, 6) is 0.348. The number of carbonyl (C=O) groups is 1. The van der Waals surface area contributed by atoms with E-state index in [-0.39, 0.29) is 5.78 Å². The van der Waals surface area contributed by atoms with Crippen molar-refractivity contribution in [3.05, 3.63) is 57.8 Å². The molecule has 0 radical (unpaired) electrons. The first-order valence-corrected chi connectivity index (χ1v) is 7.15. The van der Waals surface area contributed by atoms with Gasteiger partial charge in [-0.1, -0.05) is 23.2 Å². The van der Waals surface area contributed by atoms with E-state index in [9.17, 15) is 4.79 Å². The van der Waals surface area contributed by atoms with Crippen molar-refractivity contribution in [1.82, 2.24) is 9.78 Å². The lowest BCUT2D eigenvalue weighted by Gasteiger charge is -1.98. The summed E-state index contributed by atoms with van der Waals surface area (Å²) < 4.78 is 1.72. The molecule has 0 aliphatic carbocycles. The molecule has 0 amide bonds. The van der Waals surface area contributed by atoms with Crippen LogP contribution >= 0.6 is 34.8 Å². The zero-order valence-electron chi connectivity index (χ0n) is 10.4. The molecule has 0 N–H and O–H groups in total. The van der Waals surface area contributed by atoms with Crippen LogP contribution in [-0.2, 0) is 6.54 Å². The molecule has 0 bridgehead atoms. The number of aromatic nitrogens is 2. The van der Waals surface area contributed by atoms with E-state index in [1.54, 1.807) is 35.2 Å². The van der Waals surface area contributed by atoms with Gasteiger partial charge >= 0.3 is 0 Å². The highest BCUT2D eigenvalue weighted by atomic mass is 35.5. The average Bonchev–Trinajstić information content (AvgIpc) is 2.87. The van der Waals surface area contributed by atoms with Crippen LogP contribution in [0.1, 0.15) is 15.9 Å². The lowest BCUT2D eigenvalue weighted by atomic mass is 10.1. The highest BCUT2D eigenvalue weighted by Crippen LogP contribution is 2.23. The van der Waals surface area contributed by atoms with E-state index in [1.165, 1.54) is 6.08 Å². The van der Waals surface area contributed by atoms with Crippen molar-refractivity contribution in [3.8, 4) is 0 Å². The summed E-state index contributed by atoms with van der Waals surface area (Å²) in [6.45, 7) is 0.635. The molecule has 0 spiro atoms. The molecular formula is C14H11Cl3N2O. The van der Waals surface area contributed by atoms with Gasteiger partial charge in [0.15, 0.2) is 5.78 Å². The van der Waals surface area contributed by atoms with Crippen LogP contribution in [0.3, 0.4) is 0 Å². The smallest absolute Gasteiger partial charge is 0.185 e. The van der Waals surface area contributed by atoms with Gasteiger partial charge in [-0.2, -0.15) is 5.10 Å². The molecule has 6 heteroatoms. The molecule has 0 aliphatic heterocycles. The predicted octanol–water partition coefficient (Wildman–Crippen LogP) is 4.32. The van der Waals surface area contributed by atoms with Crippen molar-refractivity contribution in [2.24, 2.45) is 0 Å². The van der Waals surface area contributed by atoms with Crippen molar-refractivity contribution in [1.29, 1.82) is 0 Å². The van der Waals surface area contributed by atoms with Crippen LogP contribution < -0.4 is 0 Å². The molecule has 2 aromatic rings. The molecule has 1 heterocycles. The highest BCUT2D eigenvalue weighted by Gasteiger charge is 2.05. The van der Waals surface area contributed by atoms with Gasteiger partial charge in [-0.15, -0.1) is 11.6 Å². The Balaban J connectivity index is 2.09. The van der Waals surface area contributed by atoms with Crippen LogP contribution in [0.25, 0.3) is 6.08 Å². The van der Waals surface area contributed by atoms with Gasteiger partial charge in [0.25, 0.3) is 0 Å². The minimum atomic E-state index is -0.145. The summed E-state index contributed by atoms with van der Waals surface area (Å²) in [4.78, 5) is 12.0. The fraction of sp³-hybridized carbons (Fsp3) is 0.143. The number of benzene rings is 1. The fourth-order valence-corrected chi connectivity index (χ4v) is 2.06. The van der Waals surface area contributed by atoms with Gasteiger partial charge in [0, 0.05) is 23.2 Å². The van der Waals surface area contributed by atoms with Gasteiger partial charge in [0.1, 0.15) is 0 Å². The molecule has 3 nitrogen and oxygen atoms in total. The number of alkyl halides is 1. The van der Waals surface area contributed by atoms with Crippen molar-refractivity contribution in [2.45, 2.75) is 6.54 Å². The van der Waals surface area contributed by atoms with Gasteiger partial charge in [-0.3, -0.25) is 9.48 Å². The Morgan fingerprint density at radius 3 is 2.80 bits per heavy atom. The molecule has 0 unspecified atom stereocenters. The van der Waals surface area contributed by atoms with E-state index >= 15 is 0 Å². The number of rotatable bonds is 5. The van der Waals surface area contributed by atoms with Crippen LogP contribution in [0, 0.1) is 0 Å². The zero-order chi connectivity index (χ0) is 14.5. The first kappa shape index (κ1) is 15.1. The summed E-state index contributed by atoms with van der Waals surface area (Å²) >= 11 is 17.3. The molecular weight excluding hydrogens is 319 g/mol. The standard InChI is InChI=1S/C14H11Cl3N2O/c15-5-6-19-9-10(8-18-19)1-4-14(20)11-2-3-12(16)13(17)7-11/h1-4,7-9H,5-6H2/b4-1+. The summed E-state index contributed by atoms with van der Waals surface area (Å²) in [5.41, 5.74) is 1.33. The molecule has 0 saturated heterocycles. The number of halogens is 3. The Bertz CT molecular complexity index is 650. The van der Waals surface area contributed by atoms with E-state index in [4.69, 9.17) is 34.8 Å². The Hall–Kier alpha value is -1.29. The maximum atomic E-state index is 12.0. The van der Waals surface area contributed by atoms with Crippen molar-refractivity contribution in [3.63, 3.8) is 0 Å². The quantitative estimate of drug-likeness (QED) is 0.465. The van der Waals surface area contributed by atoms with E-state index in [0.29, 0.717) is 28.0 Å². The second-order valence-electron chi connectivity index (χ2n) is 4.05. The molecule has 0 saturated carbocycles. The fourth-order valence-electron chi connectivity index (χ4n) is 1.59. The van der Waals surface area contributed by atoms with Crippen LogP contribution in [0.2, 0.25) is 10.0 Å². The third-order valence-electron chi connectivity index (χ3n) is 2.60. The second kappa shape index (κ2) is 6.93. The highest BCUT2D eigenvalue weighted by molar-refractivity contribution is 6.42. The minimum Gasteiger partial charge on any atom is -0.289 e. The van der Waals surface area contributed by atoms with Gasteiger partial charge in [0.05, 0.1) is 22.8 Å². The third kappa shape index (κ3) is 3.85. The minimum absolute atomic E-state index is 0.145. The summed E-state index contributed by atoms with van der Waals surface area (Å²) in [6.07, 6.45) is 6.66. The first-order chi connectivity index (χ1) is 9.60. The molecule has 104 valence electrons. The Morgan fingerprint density at radius 2 is 2.10 bits per heavy atom. The molecule has 20 heavy (non-hydrogen) atoms. The Labute approximate surface area is 131 Å². The topological polar surface area (TPSA) is 34.9 Å². The second-order valence-corrected chi connectivity index (χ2v) is 5.24. The largest absolute Gasteiger partial charge is 0.289 e. The van der Waals surface area contributed by atoms with Crippen LogP contribution in [0.4, 0.5) is 0 Å². The Morgan fingerprint density at radius 1 is 1.30 bits per heavy atom. The molecule has 0 fully saturated rings. The van der Waals surface area contributed by atoms with E-state index < -0.39 is 0 Å². The van der Waals surface area contributed by atoms with Crippen LogP contribution in [0.15, 0.2) is 36.7 Å². The third-order valence-corrected chi connectivity index (χ3v) is 3.51. The van der Waals surface area contributed by atoms with Gasteiger partial charge in [-0.25, -0.2) is 0 Å². The number of hydrogen-bond donors (Lipinski definition) is 0. The summed E-state index contributed by atoms with van der Waals surface area (Å²) in [6, 6.07) is 4.79. The monoisotopic (exact) mass is 328 g/mol. The molecule has 1 aromatic heterocycles. The number of nitrogens with zero attached hydrogens (tertiary/aromatic N) is 2. The molecule has 2 rings (SSSR count). The summed E-state index contributed by atoms with van der Waals surface area (Å²) in [5, 5.41) is 4.90. The van der Waals surface area contributed by atoms with Gasteiger partial charge < -0.3 is 0 Å². The molecule has 1 aromatic carbocycles. The van der Waals surface area contributed by atoms with Crippen molar-refractivity contribution < 1.29 is 4.79 Å². The van der Waals surface area contributed by atoms with Gasteiger partial charge in [-0.05, 0) is 30.4 Å². The number of aryl methyl sites for hydroxylation is 1. The van der Waals surface area contributed by atoms with E-state index in [0.717, 1.165) is 5.56 Å². The molecule has 0 aliphatic rings. The van der Waals surface area contributed by atoms with Crippen molar-refractivity contribution in [2.75, 3.05) is 5.88 Å². The normalized spacial score (nSPS) is 11.2. The van der Waals surface area contributed by atoms with Gasteiger partial charge in [0.2, 0.25) is 0 Å². The zero-order valence-corrected chi connectivity index (χ0v) is 12.7. The average molecular weight is 330 g/mol. The van der Waals surface area contributed by atoms with E-state index in [2.05, 4.69) is 5.10 Å². The summed E-state index contributed by atoms with van der Waals surface area (Å²) in [7, 11) is 0. The number of ketones is 1. The maximum Gasteiger partial charge on any atom is 0.185 e. The lowest BCUT2D eigenvalue weighted by Crippen LogP contribution is -1.98. The first-order valence-electron chi connectivity index (χ1n) is 5.86. The predicted molar refractivity (Wildman–Crippen MR) is 82.8 cm³/mol. The number of carbonyl (C=O) groups excluding carboxylic acids is 1.